The molecular weight excluding hydrogens is 172 g/mol. The van der Waals surface area contributed by atoms with Gasteiger partial charge in [0.05, 0.1) is 5.69 Å². The van der Waals surface area contributed by atoms with Crippen LogP contribution in [0.2, 0.25) is 0 Å². The number of nitrogens with two attached hydrogens (primary N) is 1. The van der Waals surface area contributed by atoms with Gasteiger partial charge in [-0.3, -0.25) is 0 Å². The molecule has 0 amide bonds. The Kier molecular flexibility index (Phi) is 1.73. The molecule has 0 unspecified atom stereocenters. The smallest absolute Gasteiger partial charge is 0.241 e. The summed E-state index contributed by atoms with van der Waals surface area (Å²) in [5, 5.41) is 6.17. The first-order valence-corrected chi connectivity index (χ1v) is 4.78. The molecule has 0 aliphatic rings. The van der Waals surface area contributed by atoms with Gasteiger partial charge in [-0.1, -0.05) is 13.3 Å². The van der Waals surface area contributed by atoms with Gasteiger partial charge < -0.3 is 5.73 Å². The first-order chi connectivity index (χ1) is 5.81. The lowest BCUT2D eigenvalue weighted by Crippen LogP contribution is -1.94. The molecule has 64 valence electrons. The van der Waals surface area contributed by atoms with Crippen molar-refractivity contribution in [3.05, 3.63) is 11.1 Å². The van der Waals surface area contributed by atoms with Gasteiger partial charge in [0, 0.05) is 5.38 Å². The zero-order valence-electron chi connectivity index (χ0n) is 6.82. The van der Waals surface area contributed by atoms with E-state index in [2.05, 4.69) is 22.4 Å². The normalized spacial score (nSPS) is 11.1. The molecule has 0 saturated carbocycles. The monoisotopic (exact) mass is 182 g/mol. The maximum atomic E-state index is 5.46. The molecule has 2 rings (SSSR count). The van der Waals surface area contributed by atoms with Crippen LogP contribution in [0.25, 0.3) is 4.96 Å². The third kappa shape index (κ3) is 1.06. The predicted molar refractivity (Wildman–Crippen MR) is 49.3 cm³/mol. The summed E-state index contributed by atoms with van der Waals surface area (Å²) in [6.45, 7) is 2.14. The second kappa shape index (κ2) is 2.75. The van der Waals surface area contributed by atoms with Gasteiger partial charge in [0.15, 0.2) is 0 Å². The summed E-state index contributed by atoms with van der Waals surface area (Å²) in [5.74, 6) is 0.360. The number of rotatable bonds is 2. The summed E-state index contributed by atoms with van der Waals surface area (Å²) in [5.41, 5.74) is 6.66. The standard InChI is InChI=1S/C7H10N4S/c1-2-3-5-4-12-7-9-6(8)10-11(5)7/h4H,2-3H2,1H3,(H2,8,10). The molecule has 5 heteroatoms. The van der Waals surface area contributed by atoms with E-state index in [0.717, 1.165) is 17.8 Å². The van der Waals surface area contributed by atoms with Crippen molar-refractivity contribution < 1.29 is 0 Å². The number of nitrogens with zero attached hydrogens (tertiary/aromatic N) is 3. The lowest BCUT2D eigenvalue weighted by Gasteiger charge is -1.91. The second-order valence-corrected chi connectivity index (χ2v) is 3.48. The van der Waals surface area contributed by atoms with E-state index in [-0.39, 0.29) is 0 Å². The van der Waals surface area contributed by atoms with Crippen molar-refractivity contribution in [1.82, 2.24) is 14.6 Å². The molecule has 2 heterocycles. The van der Waals surface area contributed by atoms with E-state index in [1.165, 1.54) is 5.69 Å². The Morgan fingerprint density at radius 2 is 2.50 bits per heavy atom. The number of nitrogen functional groups attached to an aromatic ring is 1. The zero-order chi connectivity index (χ0) is 8.55. The maximum Gasteiger partial charge on any atom is 0.241 e. The van der Waals surface area contributed by atoms with Crippen LogP contribution in [0.1, 0.15) is 19.0 Å². The molecule has 0 aliphatic carbocycles. The fourth-order valence-electron chi connectivity index (χ4n) is 1.17. The summed E-state index contributed by atoms with van der Waals surface area (Å²) in [4.78, 5) is 4.95. The Bertz CT molecular complexity index is 389. The fourth-order valence-corrected chi connectivity index (χ4v) is 2.03. The van der Waals surface area contributed by atoms with E-state index in [1.54, 1.807) is 11.3 Å². The topological polar surface area (TPSA) is 56.2 Å². The first-order valence-electron chi connectivity index (χ1n) is 3.90. The molecule has 4 nitrogen and oxygen atoms in total. The van der Waals surface area contributed by atoms with Gasteiger partial charge in [0.1, 0.15) is 0 Å². The Hall–Kier alpha value is -1.10. The highest BCUT2D eigenvalue weighted by Gasteiger charge is 2.06. The van der Waals surface area contributed by atoms with Gasteiger partial charge in [-0.15, -0.1) is 16.4 Å². The molecular formula is C7H10N4S. The Balaban J connectivity index is 2.53. The molecule has 0 aromatic carbocycles. The van der Waals surface area contributed by atoms with Crippen LogP contribution in [-0.4, -0.2) is 14.6 Å². The van der Waals surface area contributed by atoms with Gasteiger partial charge in [0.25, 0.3) is 0 Å². The summed E-state index contributed by atoms with van der Waals surface area (Å²) in [6, 6.07) is 0. The van der Waals surface area contributed by atoms with Gasteiger partial charge in [-0.2, -0.15) is 4.98 Å². The number of thiazole rings is 1. The fraction of sp³-hybridized carbons (Fsp3) is 0.429. The van der Waals surface area contributed by atoms with E-state index in [0.29, 0.717) is 5.95 Å². The average Bonchev–Trinajstić information content (AvgIpc) is 2.52. The van der Waals surface area contributed by atoms with Gasteiger partial charge in [0.2, 0.25) is 10.9 Å². The van der Waals surface area contributed by atoms with E-state index in [9.17, 15) is 0 Å². The highest BCUT2D eigenvalue weighted by molar-refractivity contribution is 7.15. The lowest BCUT2D eigenvalue weighted by atomic mass is 10.3. The molecule has 2 aromatic heterocycles. The Morgan fingerprint density at radius 1 is 1.67 bits per heavy atom. The minimum atomic E-state index is 0.360. The summed E-state index contributed by atoms with van der Waals surface area (Å²) in [7, 11) is 0. The van der Waals surface area contributed by atoms with Crippen molar-refractivity contribution >= 4 is 22.2 Å². The molecule has 12 heavy (non-hydrogen) atoms. The Labute approximate surface area is 74.0 Å². The molecule has 0 fully saturated rings. The Morgan fingerprint density at radius 3 is 3.25 bits per heavy atom. The lowest BCUT2D eigenvalue weighted by molar-refractivity contribution is 0.820. The maximum absolute atomic E-state index is 5.46. The molecule has 0 bridgehead atoms. The number of fused-ring (bicyclic) bond motifs is 1. The summed E-state index contributed by atoms with van der Waals surface area (Å²) in [6.07, 6.45) is 2.15. The van der Waals surface area contributed by atoms with Crippen molar-refractivity contribution in [1.29, 1.82) is 0 Å². The predicted octanol–water partition coefficient (Wildman–Crippen LogP) is 1.33. The van der Waals surface area contributed by atoms with E-state index < -0.39 is 0 Å². The number of hydrogen-bond acceptors (Lipinski definition) is 4. The minimum absolute atomic E-state index is 0.360. The number of aryl methyl sites for hydroxylation is 1. The number of aromatic nitrogens is 3. The molecule has 0 spiro atoms. The van der Waals surface area contributed by atoms with Crippen LogP contribution in [0.5, 0.6) is 0 Å². The summed E-state index contributed by atoms with van der Waals surface area (Å²) >= 11 is 1.58. The third-order valence-corrected chi connectivity index (χ3v) is 2.54. The van der Waals surface area contributed by atoms with Crippen molar-refractivity contribution in [2.45, 2.75) is 19.8 Å². The first kappa shape index (κ1) is 7.54. The van der Waals surface area contributed by atoms with Gasteiger partial charge in [-0.25, -0.2) is 4.52 Å². The molecule has 0 aliphatic heterocycles. The van der Waals surface area contributed by atoms with Crippen LogP contribution < -0.4 is 5.73 Å². The van der Waals surface area contributed by atoms with E-state index in [1.807, 2.05) is 4.52 Å². The van der Waals surface area contributed by atoms with Crippen LogP contribution in [0.15, 0.2) is 5.38 Å². The molecule has 2 N–H and O–H groups in total. The largest absolute Gasteiger partial charge is 0.366 e. The SMILES string of the molecule is CCCc1csc2nc(N)nn12. The van der Waals surface area contributed by atoms with Crippen molar-refractivity contribution in [3.8, 4) is 0 Å². The van der Waals surface area contributed by atoms with Crippen LogP contribution in [0, 0.1) is 0 Å². The van der Waals surface area contributed by atoms with Crippen LogP contribution >= 0.6 is 11.3 Å². The van der Waals surface area contributed by atoms with Gasteiger partial charge >= 0.3 is 0 Å². The molecule has 0 saturated heterocycles. The third-order valence-electron chi connectivity index (χ3n) is 1.67. The zero-order valence-corrected chi connectivity index (χ0v) is 7.64. The molecule has 2 aromatic rings. The average molecular weight is 182 g/mol. The van der Waals surface area contributed by atoms with Gasteiger partial charge in [-0.05, 0) is 6.42 Å². The highest BCUT2D eigenvalue weighted by Crippen LogP contribution is 2.15. The minimum Gasteiger partial charge on any atom is -0.366 e. The second-order valence-electron chi connectivity index (χ2n) is 2.64. The number of hydrogen-bond donors (Lipinski definition) is 1. The van der Waals surface area contributed by atoms with Crippen molar-refractivity contribution in [2.75, 3.05) is 5.73 Å². The van der Waals surface area contributed by atoms with Crippen molar-refractivity contribution in [3.63, 3.8) is 0 Å². The van der Waals surface area contributed by atoms with Crippen molar-refractivity contribution in [2.24, 2.45) is 0 Å². The molecule has 0 radical (unpaired) electrons. The van der Waals surface area contributed by atoms with E-state index in [4.69, 9.17) is 5.73 Å². The quantitative estimate of drug-likeness (QED) is 0.762. The highest BCUT2D eigenvalue weighted by atomic mass is 32.1. The van der Waals surface area contributed by atoms with Crippen LogP contribution in [0.3, 0.4) is 0 Å². The molecule has 0 atom stereocenters. The van der Waals surface area contributed by atoms with Crippen LogP contribution in [-0.2, 0) is 6.42 Å². The van der Waals surface area contributed by atoms with E-state index >= 15 is 0 Å². The number of anilines is 1. The summed E-state index contributed by atoms with van der Waals surface area (Å²) < 4.78 is 1.82. The van der Waals surface area contributed by atoms with Crippen LogP contribution in [0.4, 0.5) is 5.95 Å².